The van der Waals surface area contributed by atoms with Crippen LogP contribution in [-0.2, 0) is 4.74 Å². The van der Waals surface area contributed by atoms with Gasteiger partial charge in [0.1, 0.15) is 18.2 Å². The molecule has 1 atom stereocenters. The van der Waals surface area contributed by atoms with Gasteiger partial charge in [0.2, 0.25) is 0 Å². The lowest BCUT2D eigenvalue weighted by molar-refractivity contribution is 0.121. The number of rotatable bonds is 4. The summed E-state index contributed by atoms with van der Waals surface area (Å²) in [6.07, 6.45) is 2.15. The maximum Gasteiger partial charge on any atom is 0.413 e. The molecule has 0 saturated carbocycles. The maximum absolute atomic E-state index is 12.2. The highest BCUT2D eigenvalue weighted by atomic mass is 16.6. The molecule has 5 heteroatoms. The minimum atomic E-state index is -0.553. The largest absolute Gasteiger partial charge is 0.441 e. The molecular weight excluding hydrogens is 302 g/mol. The van der Waals surface area contributed by atoms with E-state index in [1.807, 2.05) is 67.6 Å². The van der Waals surface area contributed by atoms with Gasteiger partial charge in [0.05, 0.1) is 0 Å². The Kier molecular flexibility index (Phi) is 4.81. The molecule has 0 aliphatic rings. The lowest BCUT2D eigenvalue weighted by Gasteiger charge is -2.15. The Morgan fingerprint density at radius 1 is 1.04 bits per heavy atom. The van der Waals surface area contributed by atoms with Crippen molar-refractivity contribution in [2.45, 2.75) is 13.0 Å². The lowest BCUT2D eigenvalue weighted by atomic mass is 10.1. The number of nitrogens with one attached hydrogen (secondary N) is 1. The van der Waals surface area contributed by atoms with Crippen molar-refractivity contribution in [3.63, 3.8) is 0 Å². The van der Waals surface area contributed by atoms with E-state index in [0.29, 0.717) is 5.82 Å². The summed E-state index contributed by atoms with van der Waals surface area (Å²) < 4.78 is 5.42. The molecule has 5 nitrogen and oxygen atoms in total. The Morgan fingerprint density at radius 3 is 2.42 bits per heavy atom. The molecule has 1 N–H and O–H groups in total. The van der Waals surface area contributed by atoms with Crippen molar-refractivity contribution in [1.82, 2.24) is 9.97 Å². The van der Waals surface area contributed by atoms with Crippen LogP contribution >= 0.6 is 0 Å². The van der Waals surface area contributed by atoms with Crippen molar-refractivity contribution >= 4 is 11.9 Å². The van der Waals surface area contributed by atoms with E-state index < -0.39 is 6.09 Å². The van der Waals surface area contributed by atoms with Crippen LogP contribution in [0, 0.1) is 0 Å². The third-order valence-electron chi connectivity index (χ3n) is 3.57. The first-order valence-electron chi connectivity index (χ1n) is 7.62. The number of aromatic nitrogens is 2. The molecule has 1 unspecified atom stereocenters. The molecule has 0 aliphatic heterocycles. The molecule has 0 spiro atoms. The van der Waals surface area contributed by atoms with Gasteiger partial charge >= 0.3 is 6.09 Å². The van der Waals surface area contributed by atoms with E-state index in [1.54, 1.807) is 6.20 Å². The van der Waals surface area contributed by atoms with Crippen LogP contribution in [0.3, 0.4) is 0 Å². The molecule has 24 heavy (non-hydrogen) atoms. The molecule has 2 aromatic carbocycles. The molecule has 1 amide bonds. The normalized spacial score (nSPS) is 11.5. The van der Waals surface area contributed by atoms with Gasteiger partial charge in [-0.15, -0.1) is 0 Å². The molecule has 3 rings (SSSR count). The van der Waals surface area contributed by atoms with Crippen LogP contribution in [0.4, 0.5) is 10.6 Å². The van der Waals surface area contributed by atoms with Gasteiger partial charge in [-0.25, -0.2) is 14.8 Å². The van der Waals surface area contributed by atoms with Crippen LogP contribution in [0.5, 0.6) is 0 Å². The van der Waals surface area contributed by atoms with Gasteiger partial charge in [-0.3, -0.25) is 5.32 Å². The predicted molar refractivity (Wildman–Crippen MR) is 92.4 cm³/mol. The minimum Gasteiger partial charge on any atom is -0.441 e. The van der Waals surface area contributed by atoms with Crippen molar-refractivity contribution in [1.29, 1.82) is 0 Å². The van der Waals surface area contributed by atoms with E-state index in [2.05, 4.69) is 15.3 Å². The zero-order valence-electron chi connectivity index (χ0n) is 13.2. The van der Waals surface area contributed by atoms with Crippen molar-refractivity contribution in [3.05, 3.63) is 78.8 Å². The van der Waals surface area contributed by atoms with Crippen LogP contribution in [-0.4, -0.2) is 16.1 Å². The molecule has 3 aromatic rings. The number of benzene rings is 2. The first-order chi connectivity index (χ1) is 11.7. The van der Waals surface area contributed by atoms with E-state index in [9.17, 15) is 4.79 Å². The molecule has 1 aromatic heterocycles. The van der Waals surface area contributed by atoms with Crippen molar-refractivity contribution in [2.75, 3.05) is 5.32 Å². The lowest BCUT2D eigenvalue weighted by Crippen LogP contribution is -2.17. The number of ether oxygens (including phenoxy) is 1. The molecule has 120 valence electrons. The van der Waals surface area contributed by atoms with Gasteiger partial charge in [0, 0.05) is 11.8 Å². The average Bonchev–Trinajstić information content (AvgIpc) is 2.63. The molecule has 0 bridgehead atoms. The van der Waals surface area contributed by atoms with Gasteiger partial charge in [-0.1, -0.05) is 60.7 Å². The standard InChI is InChI=1S/C19H17N3O2/c1-14(15-8-4-2-5-9-15)24-19(23)22-18-17(12-20-13-21-18)16-10-6-3-7-11-16/h2-14H,1H3,(H,20,21,22,23). The number of nitrogens with zero attached hydrogens (tertiary/aromatic N) is 2. The third kappa shape index (κ3) is 3.76. The predicted octanol–water partition coefficient (Wildman–Crippen LogP) is 4.45. The Balaban J connectivity index is 1.74. The second-order valence-electron chi connectivity index (χ2n) is 5.23. The Bertz CT molecular complexity index is 807. The van der Waals surface area contributed by atoms with Gasteiger partial charge in [0.25, 0.3) is 0 Å². The van der Waals surface area contributed by atoms with E-state index >= 15 is 0 Å². The number of hydrogen-bond acceptors (Lipinski definition) is 4. The average molecular weight is 319 g/mol. The quantitative estimate of drug-likeness (QED) is 0.771. The Hall–Kier alpha value is -3.21. The zero-order valence-corrected chi connectivity index (χ0v) is 13.2. The summed E-state index contributed by atoms with van der Waals surface area (Å²) in [5.74, 6) is 0.418. The molecule has 0 radical (unpaired) electrons. The smallest absolute Gasteiger partial charge is 0.413 e. The van der Waals surface area contributed by atoms with E-state index in [-0.39, 0.29) is 6.10 Å². The minimum absolute atomic E-state index is 0.354. The van der Waals surface area contributed by atoms with E-state index in [0.717, 1.165) is 16.7 Å². The summed E-state index contributed by atoms with van der Waals surface area (Å²) >= 11 is 0. The summed E-state index contributed by atoms with van der Waals surface area (Å²) in [6.45, 7) is 1.83. The summed E-state index contributed by atoms with van der Waals surface area (Å²) in [4.78, 5) is 20.4. The fraction of sp³-hybridized carbons (Fsp3) is 0.105. The Morgan fingerprint density at radius 2 is 1.71 bits per heavy atom. The van der Waals surface area contributed by atoms with Gasteiger partial charge in [0.15, 0.2) is 0 Å². The molecular formula is C19H17N3O2. The molecule has 0 aliphatic carbocycles. The number of carbonyl (C=O) groups is 1. The SMILES string of the molecule is CC(OC(=O)Nc1ncncc1-c1ccccc1)c1ccccc1. The number of carbonyl (C=O) groups excluding carboxylic acids is 1. The fourth-order valence-electron chi connectivity index (χ4n) is 2.34. The van der Waals surface area contributed by atoms with Crippen LogP contribution < -0.4 is 5.32 Å². The monoisotopic (exact) mass is 319 g/mol. The third-order valence-corrected chi connectivity index (χ3v) is 3.57. The number of amides is 1. The van der Waals surface area contributed by atoms with Crippen LogP contribution in [0.1, 0.15) is 18.6 Å². The molecule has 0 fully saturated rings. The first kappa shape index (κ1) is 15.7. The summed E-state index contributed by atoms with van der Waals surface area (Å²) in [7, 11) is 0. The van der Waals surface area contributed by atoms with Gasteiger partial charge in [-0.2, -0.15) is 0 Å². The highest BCUT2D eigenvalue weighted by Gasteiger charge is 2.14. The van der Waals surface area contributed by atoms with Crippen molar-refractivity contribution < 1.29 is 9.53 Å². The summed E-state index contributed by atoms with van der Waals surface area (Å²) in [5, 5.41) is 2.70. The summed E-state index contributed by atoms with van der Waals surface area (Å²) in [6, 6.07) is 19.2. The van der Waals surface area contributed by atoms with Crippen LogP contribution in [0.15, 0.2) is 73.2 Å². The maximum atomic E-state index is 12.2. The van der Waals surface area contributed by atoms with Gasteiger partial charge in [-0.05, 0) is 18.1 Å². The highest BCUT2D eigenvalue weighted by Crippen LogP contribution is 2.25. The van der Waals surface area contributed by atoms with Crippen molar-refractivity contribution in [2.24, 2.45) is 0 Å². The first-order valence-corrected chi connectivity index (χ1v) is 7.62. The van der Waals surface area contributed by atoms with Crippen molar-refractivity contribution in [3.8, 4) is 11.1 Å². The molecule has 1 heterocycles. The molecule has 0 saturated heterocycles. The highest BCUT2D eigenvalue weighted by molar-refractivity contribution is 5.89. The van der Waals surface area contributed by atoms with Crippen LogP contribution in [0.2, 0.25) is 0 Å². The van der Waals surface area contributed by atoms with Crippen LogP contribution in [0.25, 0.3) is 11.1 Å². The van der Waals surface area contributed by atoms with E-state index in [4.69, 9.17) is 4.74 Å². The summed E-state index contributed by atoms with van der Waals surface area (Å²) in [5.41, 5.74) is 2.59. The Labute approximate surface area is 140 Å². The zero-order chi connectivity index (χ0) is 16.8. The second kappa shape index (κ2) is 7.37. The fourth-order valence-corrected chi connectivity index (χ4v) is 2.34. The topological polar surface area (TPSA) is 64.1 Å². The van der Waals surface area contributed by atoms with E-state index in [1.165, 1.54) is 6.33 Å². The number of hydrogen-bond donors (Lipinski definition) is 1. The number of anilines is 1. The van der Waals surface area contributed by atoms with Gasteiger partial charge < -0.3 is 4.74 Å². The second-order valence-corrected chi connectivity index (χ2v) is 5.23.